The first-order valence-electron chi connectivity index (χ1n) is 5.77. The summed E-state index contributed by atoms with van der Waals surface area (Å²) in [5, 5.41) is 12.1. The number of carbonyl (C=O) groups is 1. The number of likely N-dealkylation sites (N-methyl/N-ethyl adjacent to an activating group) is 1. The van der Waals surface area contributed by atoms with Crippen molar-refractivity contribution in [3.05, 3.63) is 0 Å². The van der Waals surface area contributed by atoms with Gasteiger partial charge in [0.2, 0.25) is 0 Å². The topological polar surface area (TPSA) is 61.8 Å². The number of nitrogens with zero attached hydrogens (tertiary/aromatic N) is 1. The lowest BCUT2D eigenvalue weighted by Gasteiger charge is -2.31. The minimum absolute atomic E-state index is 0.0822. The van der Waals surface area contributed by atoms with Crippen molar-refractivity contribution in [3.63, 3.8) is 0 Å². The molecule has 1 saturated heterocycles. The third-order valence-corrected chi connectivity index (χ3v) is 2.84. The number of hydrogen-bond acceptors (Lipinski definition) is 4. The van der Waals surface area contributed by atoms with Crippen LogP contribution in [-0.2, 0) is 9.53 Å². The molecule has 0 saturated carbocycles. The highest BCUT2D eigenvalue weighted by molar-refractivity contribution is 5.73. The molecule has 94 valence electrons. The van der Waals surface area contributed by atoms with E-state index in [2.05, 4.69) is 10.2 Å². The maximum absolute atomic E-state index is 11.0. The molecule has 1 aliphatic rings. The minimum Gasteiger partial charge on any atom is -0.480 e. The van der Waals surface area contributed by atoms with Crippen molar-refractivity contribution in [3.8, 4) is 0 Å². The van der Waals surface area contributed by atoms with Crippen molar-refractivity contribution in [1.29, 1.82) is 0 Å². The highest BCUT2D eigenvalue weighted by atomic mass is 16.5. The first-order valence-corrected chi connectivity index (χ1v) is 5.77. The molecule has 2 N–H and O–H groups in total. The van der Waals surface area contributed by atoms with E-state index in [1.807, 2.05) is 20.9 Å². The molecule has 16 heavy (non-hydrogen) atoms. The summed E-state index contributed by atoms with van der Waals surface area (Å²) in [5.41, 5.74) is 0. The van der Waals surface area contributed by atoms with Crippen molar-refractivity contribution < 1.29 is 14.6 Å². The number of nitrogens with one attached hydrogen (secondary N) is 1. The van der Waals surface area contributed by atoms with Crippen LogP contribution in [0.1, 0.15) is 13.8 Å². The lowest BCUT2D eigenvalue weighted by atomic mass is 10.0. The summed E-state index contributed by atoms with van der Waals surface area (Å²) < 4.78 is 5.56. The molecule has 0 radical (unpaired) electrons. The van der Waals surface area contributed by atoms with E-state index in [1.165, 1.54) is 0 Å². The lowest BCUT2D eigenvalue weighted by molar-refractivity contribution is -0.140. The van der Waals surface area contributed by atoms with E-state index in [4.69, 9.17) is 9.84 Å². The van der Waals surface area contributed by atoms with Gasteiger partial charge in [0.15, 0.2) is 0 Å². The zero-order chi connectivity index (χ0) is 12.1. The molecule has 0 bridgehead atoms. The molecule has 0 spiro atoms. The largest absolute Gasteiger partial charge is 0.480 e. The predicted molar refractivity (Wildman–Crippen MR) is 61.5 cm³/mol. The van der Waals surface area contributed by atoms with Gasteiger partial charge in [0.05, 0.1) is 12.7 Å². The first-order chi connectivity index (χ1) is 7.50. The van der Waals surface area contributed by atoms with Crippen LogP contribution in [0.4, 0.5) is 0 Å². The summed E-state index contributed by atoms with van der Waals surface area (Å²) >= 11 is 0. The average molecular weight is 230 g/mol. The molecular weight excluding hydrogens is 208 g/mol. The number of hydrogen-bond donors (Lipinski definition) is 2. The molecule has 2 atom stereocenters. The van der Waals surface area contributed by atoms with Gasteiger partial charge in [-0.05, 0) is 13.0 Å². The van der Waals surface area contributed by atoms with Crippen molar-refractivity contribution in [2.24, 2.45) is 5.92 Å². The molecule has 1 rings (SSSR count). The molecule has 0 aromatic carbocycles. The second-order valence-corrected chi connectivity index (χ2v) is 4.72. The monoisotopic (exact) mass is 230 g/mol. The van der Waals surface area contributed by atoms with Gasteiger partial charge >= 0.3 is 5.97 Å². The van der Waals surface area contributed by atoms with Crippen LogP contribution in [0.15, 0.2) is 0 Å². The fourth-order valence-corrected chi connectivity index (χ4v) is 1.86. The van der Waals surface area contributed by atoms with E-state index < -0.39 is 12.0 Å². The van der Waals surface area contributed by atoms with Crippen molar-refractivity contribution in [2.45, 2.75) is 26.0 Å². The van der Waals surface area contributed by atoms with Gasteiger partial charge in [-0.3, -0.25) is 4.79 Å². The first kappa shape index (κ1) is 13.4. The molecule has 0 aromatic heterocycles. The van der Waals surface area contributed by atoms with E-state index in [9.17, 15) is 4.79 Å². The van der Waals surface area contributed by atoms with E-state index >= 15 is 0 Å². The zero-order valence-electron chi connectivity index (χ0n) is 10.3. The van der Waals surface area contributed by atoms with Crippen LogP contribution >= 0.6 is 0 Å². The van der Waals surface area contributed by atoms with E-state index in [1.54, 1.807) is 0 Å². The number of morpholine rings is 1. The fourth-order valence-electron chi connectivity index (χ4n) is 1.86. The Labute approximate surface area is 96.8 Å². The van der Waals surface area contributed by atoms with Gasteiger partial charge in [-0.15, -0.1) is 0 Å². The van der Waals surface area contributed by atoms with Crippen LogP contribution in [0, 0.1) is 5.92 Å². The molecular formula is C11H22N2O3. The second-order valence-electron chi connectivity index (χ2n) is 4.72. The third kappa shape index (κ3) is 4.08. The van der Waals surface area contributed by atoms with Crippen LogP contribution in [0.3, 0.4) is 0 Å². The van der Waals surface area contributed by atoms with Gasteiger partial charge in [-0.1, -0.05) is 13.8 Å². The Bertz CT molecular complexity index is 233. The number of carboxylic acids is 1. The maximum Gasteiger partial charge on any atom is 0.320 e. The molecule has 0 aliphatic carbocycles. The summed E-state index contributed by atoms with van der Waals surface area (Å²) in [5.74, 6) is -0.710. The maximum atomic E-state index is 11.0. The molecule has 2 unspecified atom stereocenters. The average Bonchev–Trinajstić information content (AvgIpc) is 2.16. The summed E-state index contributed by atoms with van der Waals surface area (Å²) in [7, 11) is 2.05. The smallest absolute Gasteiger partial charge is 0.320 e. The van der Waals surface area contributed by atoms with Crippen molar-refractivity contribution in [2.75, 3.05) is 33.3 Å². The summed E-state index contributed by atoms with van der Waals surface area (Å²) in [4.78, 5) is 13.2. The molecule has 1 fully saturated rings. The Kier molecular flexibility index (Phi) is 5.18. The second kappa shape index (κ2) is 6.18. The Morgan fingerprint density at radius 3 is 2.81 bits per heavy atom. The van der Waals surface area contributed by atoms with Gasteiger partial charge in [0.25, 0.3) is 0 Å². The molecule has 0 amide bonds. The molecule has 1 heterocycles. The highest BCUT2D eigenvalue weighted by Gasteiger charge is 2.24. The van der Waals surface area contributed by atoms with Crippen LogP contribution in [0.5, 0.6) is 0 Å². The fraction of sp³-hybridized carbons (Fsp3) is 0.909. The van der Waals surface area contributed by atoms with E-state index in [0.717, 1.165) is 19.7 Å². The number of ether oxygens (including phenoxy) is 1. The standard InChI is InChI=1S/C11H22N2O3/c1-8(2)10(11(14)15)12-6-9-7-13(3)4-5-16-9/h8-10,12H,4-7H2,1-3H3,(H,14,15). The molecule has 5 heteroatoms. The summed E-state index contributed by atoms with van der Waals surface area (Å²) in [6, 6.07) is -0.490. The van der Waals surface area contributed by atoms with Gasteiger partial charge in [-0.25, -0.2) is 0 Å². The van der Waals surface area contributed by atoms with Crippen LogP contribution in [-0.4, -0.2) is 61.4 Å². The minimum atomic E-state index is -0.792. The zero-order valence-corrected chi connectivity index (χ0v) is 10.3. The number of rotatable bonds is 5. The van der Waals surface area contributed by atoms with Crippen molar-refractivity contribution in [1.82, 2.24) is 10.2 Å². The summed E-state index contributed by atoms with van der Waals surface area (Å²) in [6.45, 7) is 6.93. The van der Waals surface area contributed by atoms with Gasteiger partial charge in [0, 0.05) is 19.6 Å². The number of aliphatic carboxylic acids is 1. The quantitative estimate of drug-likeness (QED) is 0.697. The molecule has 0 aromatic rings. The van der Waals surface area contributed by atoms with Crippen LogP contribution in [0.25, 0.3) is 0 Å². The molecule has 1 aliphatic heterocycles. The predicted octanol–water partition coefficient (Wildman–Crippen LogP) is 0.0158. The lowest BCUT2D eigenvalue weighted by Crippen LogP contribution is -2.49. The van der Waals surface area contributed by atoms with Crippen molar-refractivity contribution >= 4 is 5.97 Å². The Hall–Kier alpha value is -0.650. The normalized spacial score (nSPS) is 24.6. The third-order valence-electron chi connectivity index (χ3n) is 2.84. The number of carboxylic acid groups (broad SMARTS) is 1. The SMILES string of the molecule is CC(C)C(NCC1CN(C)CCO1)C(=O)O. The van der Waals surface area contributed by atoms with Gasteiger partial charge in [0.1, 0.15) is 6.04 Å². The van der Waals surface area contributed by atoms with E-state index in [0.29, 0.717) is 6.54 Å². The molecule has 5 nitrogen and oxygen atoms in total. The summed E-state index contributed by atoms with van der Waals surface area (Å²) in [6.07, 6.45) is 0.0966. The van der Waals surface area contributed by atoms with Gasteiger partial charge < -0.3 is 20.1 Å². The van der Waals surface area contributed by atoms with Crippen LogP contribution in [0.2, 0.25) is 0 Å². The highest BCUT2D eigenvalue weighted by Crippen LogP contribution is 2.05. The van der Waals surface area contributed by atoms with Gasteiger partial charge in [-0.2, -0.15) is 0 Å². The van der Waals surface area contributed by atoms with E-state index in [-0.39, 0.29) is 12.0 Å². The Morgan fingerprint density at radius 2 is 2.31 bits per heavy atom. The van der Waals surface area contributed by atoms with Crippen LogP contribution < -0.4 is 5.32 Å². The Balaban J connectivity index is 2.34. The Morgan fingerprint density at radius 1 is 1.62 bits per heavy atom.